The van der Waals surface area contributed by atoms with Crippen LogP contribution in [0.2, 0.25) is 0 Å². The Labute approximate surface area is 175 Å². The number of fused-ring (bicyclic) bond motifs is 1. The first-order valence-electron chi connectivity index (χ1n) is 9.53. The summed E-state index contributed by atoms with van der Waals surface area (Å²) in [7, 11) is 0. The van der Waals surface area contributed by atoms with E-state index in [1.807, 2.05) is 11.4 Å². The van der Waals surface area contributed by atoms with Crippen molar-refractivity contribution in [3.63, 3.8) is 0 Å². The fraction of sp³-hybridized carbons (Fsp3) is 0.500. The molecule has 28 heavy (non-hydrogen) atoms. The highest BCUT2D eigenvalue weighted by Gasteiger charge is 2.37. The molecule has 1 amide bonds. The van der Waals surface area contributed by atoms with Crippen molar-refractivity contribution in [1.29, 1.82) is 0 Å². The lowest BCUT2D eigenvalue weighted by atomic mass is 9.78. The second-order valence-corrected chi connectivity index (χ2v) is 8.14. The number of hydrogen-bond donors (Lipinski definition) is 2. The third-order valence-electron chi connectivity index (χ3n) is 5.45. The summed E-state index contributed by atoms with van der Waals surface area (Å²) in [6.45, 7) is 2.32. The maximum Gasteiger partial charge on any atom is 0.270 e. The highest BCUT2D eigenvalue weighted by molar-refractivity contribution is 7.09. The molecule has 0 unspecified atom stereocenters. The van der Waals surface area contributed by atoms with Crippen LogP contribution in [0.4, 0.5) is 0 Å². The van der Waals surface area contributed by atoms with Gasteiger partial charge in [0.05, 0.1) is 5.01 Å². The number of ether oxygens (including phenoxy) is 2. The van der Waals surface area contributed by atoms with E-state index >= 15 is 0 Å². The van der Waals surface area contributed by atoms with Gasteiger partial charge in [0, 0.05) is 23.8 Å². The molecular formula is C20H26ClN3O3S. The number of nitrogens with zero attached hydrogens (tertiary/aromatic N) is 1. The minimum Gasteiger partial charge on any atom is -0.486 e. The fourth-order valence-corrected chi connectivity index (χ4v) is 4.78. The number of thiazole rings is 1. The monoisotopic (exact) mass is 423 g/mol. The average Bonchev–Trinajstić information content (AvgIpc) is 3.37. The number of carbonyl (C=O) groups is 1. The summed E-state index contributed by atoms with van der Waals surface area (Å²) in [6.07, 6.45) is 5.16. The zero-order valence-electron chi connectivity index (χ0n) is 15.7. The maximum absolute atomic E-state index is 12.6. The van der Waals surface area contributed by atoms with Crippen LogP contribution in [0, 0.1) is 0 Å². The maximum atomic E-state index is 12.6. The van der Waals surface area contributed by atoms with Crippen molar-refractivity contribution < 1.29 is 14.3 Å². The van der Waals surface area contributed by atoms with Gasteiger partial charge in [-0.3, -0.25) is 4.79 Å². The van der Waals surface area contributed by atoms with Gasteiger partial charge in [-0.05, 0) is 37.1 Å². The molecule has 2 heterocycles. The molecule has 1 aliphatic heterocycles. The normalized spacial score (nSPS) is 17.0. The number of carbonyl (C=O) groups excluding carboxylic acids is 1. The van der Waals surface area contributed by atoms with Gasteiger partial charge in [0.1, 0.15) is 18.9 Å². The summed E-state index contributed by atoms with van der Waals surface area (Å²) in [5.74, 6) is 1.50. The van der Waals surface area contributed by atoms with Gasteiger partial charge in [-0.2, -0.15) is 0 Å². The molecule has 1 aliphatic carbocycles. The van der Waals surface area contributed by atoms with Crippen molar-refractivity contribution in [2.75, 3.05) is 26.3 Å². The molecule has 0 spiro atoms. The van der Waals surface area contributed by atoms with E-state index in [4.69, 9.17) is 15.2 Å². The molecule has 0 radical (unpaired) electrons. The summed E-state index contributed by atoms with van der Waals surface area (Å²) >= 11 is 1.49. The molecule has 0 saturated heterocycles. The lowest BCUT2D eigenvalue weighted by Crippen LogP contribution is -2.39. The Balaban J connectivity index is 0.00000225. The molecule has 152 valence electrons. The Hall–Kier alpha value is -1.83. The standard InChI is InChI=1S/C20H25N3O3S.ClH/c21-8-5-18-23-15(12-27-18)19(24)22-13-20(6-1-2-7-20)14-3-4-16-17(11-14)26-10-9-25-16;/h3-4,11-12H,1-2,5-10,13,21H2,(H,22,24);1H. The second kappa shape index (κ2) is 9.11. The lowest BCUT2D eigenvalue weighted by molar-refractivity contribution is 0.0938. The SMILES string of the molecule is Cl.NCCc1nc(C(=O)NCC2(c3ccc4c(c3)OCCO4)CCCC2)cs1. The van der Waals surface area contributed by atoms with E-state index in [0.717, 1.165) is 29.3 Å². The lowest BCUT2D eigenvalue weighted by Gasteiger charge is -2.31. The number of nitrogens with one attached hydrogen (secondary N) is 1. The minimum atomic E-state index is -0.113. The Morgan fingerprint density at radius 3 is 2.71 bits per heavy atom. The Bertz CT molecular complexity index is 821. The van der Waals surface area contributed by atoms with Gasteiger partial charge in [0.2, 0.25) is 0 Å². The Morgan fingerprint density at radius 2 is 1.96 bits per heavy atom. The van der Waals surface area contributed by atoms with Crippen LogP contribution in [-0.2, 0) is 11.8 Å². The first kappa shape index (κ1) is 20.9. The molecular weight excluding hydrogens is 398 g/mol. The molecule has 8 heteroatoms. The average molecular weight is 424 g/mol. The third kappa shape index (κ3) is 4.26. The smallest absolute Gasteiger partial charge is 0.270 e. The van der Waals surface area contributed by atoms with Crippen LogP contribution in [0.1, 0.15) is 46.7 Å². The van der Waals surface area contributed by atoms with Crippen LogP contribution in [0.3, 0.4) is 0 Å². The van der Waals surface area contributed by atoms with Gasteiger partial charge in [0.25, 0.3) is 5.91 Å². The highest BCUT2D eigenvalue weighted by Crippen LogP contribution is 2.43. The molecule has 2 aliphatic rings. The van der Waals surface area contributed by atoms with Gasteiger partial charge in [0.15, 0.2) is 11.5 Å². The highest BCUT2D eigenvalue weighted by atomic mass is 35.5. The molecule has 1 saturated carbocycles. The molecule has 1 fully saturated rings. The van der Waals surface area contributed by atoms with E-state index in [9.17, 15) is 4.79 Å². The van der Waals surface area contributed by atoms with Crippen molar-refractivity contribution in [3.05, 3.63) is 39.8 Å². The zero-order chi connectivity index (χ0) is 18.7. The number of halogens is 1. The van der Waals surface area contributed by atoms with Gasteiger partial charge in [-0.15, -0.1) is 23.7 Å². The summed E-state index contributed by atoms with van der Waals surface area (Å²) in [5, 5.41) is 5.84. The molecule has 4 rings (SSSR count). The minimum absolute atomic E-state index is 0. The van der Waals surface area contributed by atoms with Gasteiger partial charge in [-0.25, -0.2) is 4.98 Å². The van der Waals surface area contributed by atoms with E-state index in [1.165, 1.54) is 29.7 Å². The third-order valence-corrected chi connectivity index (χ3v) is 6.35. The molecule has 6 nitrogen and oxygen atoms in total. The van der Waals surface area contributed by atoms with Crippen LogP contribution in [0.25, 0.3) is 0 Å². The number of aromatic nitrogens is 1. The second-order valence-electron chi connectivity index (χ2n) is 7.19. The number of hydrogen-bond acceptors (Lipinski definition) is 6. The molecule has 2 aromatic rings. The summed E-state index contributed by atoms with van der Waals surface area (Å²) < 4.78 is 11.4. The van der Waals surface area contributed by atoms with Crippen LogP contribution in [0.5, 0.6) is 11.5 Å². The van der Waals surface area contributed by atoms with E-state index in [1.54, 1.807) is 0 Å². The van der Waals surface area contributed by atoms with Gasteiger partial charge >= 0.3 is 0 Å². The predicted octanol–water partition coefficient (Wildman–Crippen LogP) is 3.08. The van der Waals surface area contributed by atoms with Crippen molar-refractivity contribution in [1.82, 2.24) is 10.3 Å². The van der Waals surface area contributed by atoms with Crippen LogP contribution in [-0.4, -0.2) is 37.2 Å². The Kier molecular flexibility index (Phi) is 6.80. The van der Waals surface area contributed by atoms with Crippen molar-refractivity contribution in [2.24, 2.45) is 5.73 Å². The fourth-order valence-electron chi connectivity index (χ4n) is 3.99. The molecule has 3 N–H and O–H groups in total. The van der Waals surface area contributed by atoms with Gasteiger partial charge in [-0.1, -0.05) is 18.9 Å². The molecule has 0 atom stereocenters. The van der Waals surface area contributed by atoms with E-state index in [0.29, 0.717) is 38.4 Å². The van der Waals surface area contributed by atoms with Crippen molar-refractivity contribution >= 4 is 29.7 Å². The number of rotatable bonds is 6. The quantitative estimate of drug-likeness (QED) is 0.745. The molecule has 1 aromatic carbocycles. The predicted molar refractivity (Wildman–Crippen MR) is 112 cm³/mol. The number of nitrogens with two attached hydrogens (primary N) is 1. The first-order valence-corrected chi connectivity index (χ1v) is 10.4. The number of amides is 1. The zero-order valence-corrected chi connectivity index (χ0v) is 17.4. The Morgan fingerprint density at radius 1 is 1.21 bits per heavy atom. The topological polar surface area (TPSA) is 86.5 Å². The van der Waals surface area contributed by atoms with E-state index < -0.39 is 0 Å². The molecule has 0 bridgehead atoms. The van der Waals surface area contributed by atoms with Gasteiger partial charge < -0.3 is 20.5 Å². The van der Waals surface area contributed by atoms with Crippen molar-refractivity contribution in [3.8, 4) is 11.5 Å². The van der Waals surface area contributed by atoms with Crippen LogP contribution < -0.4 is 20.5 Å². The summed E-state index contributed by atoms with van der Waals surface area (Å²) in [4.78, 5) is 17.0. The van der Waals surface area contributed by atoms with E-state index in [2.05, 4.69) is 22.4 Å². The van der Waals surface area contributed by atoms with Crippen LogP contribution >= 0.6 is 23.7 Å². The van der Waals surface area contributed by atoms with E-state index in [-0.39, 0.29) is 23.7 Å². The number of benzene rings is 1. The van der Waals surface area contributed by atoms with Crippen molar-refractivity contribution in [2.45, 2.75) is 37.5 Å². The van der Waals surface area contributed by atoms with Crippen LogP contribution in [0.15, 0.2) is 23.6 Å². The largest absolute Gasteiger partial charge is 0.486 e. The molecule has 1 aromatic heterocycles. The first-order chi connectivity index (χ1) is 13.2. The summed E-state index contributed by atoms with van der Waals surface area (Å²) in [6, 6.07) is 6.20. The summed E-state index contributed by atoms with van der Waals surface area (Å²) in [5.41, 5.74) is 7.21.